The number of hydrogen-bond acceptors (Lipinski definition) is 4. The summed E-state index contributed by atoms with van der Waals surface area (Å²) in [5.41, 5.74) is 0.714. The fraction of sp³-hybridized carbons (Fsp3) is 0.250. The van der Waals surface area contributed by atoms with Gasteiger partial charge in [-0.2, -0.15) is 0 Å². The minimum Gasteiger partial charge on any atom is -0.515 e. The van der Waals surface area contributed by atoms with Crippen LogP contribution in [-0.2, 0) is 9.53 Å². The van der Waals surface area contributed by atoms with Gasteiger partial charge in [-0.15, -0.1) is 0 Å². The van der Waals surface area contributed by atoms with Crippen LogP contribution in [0, 0.1) is 0 Å². The van der Waals surface area contributed by atoms with Gasteiger partial charge < -0.3 is 14.6 Å². The maximum absolute atomic E-state index is 11.4. The molecular weight excluding hydrogens is 208 g/mol. The lowest BCUT2D eigenvalue weighted by atomic mass is 10.1. The van der Waals surface area contributed by atoms with Gasteiger partial charge >= 0.3 is 5.97 Å². The topological polar surface area (TPSA) is 55.8 Å². The van der Waals surface area contributed by atoms with Crippen LogP contribution in [0.15, 0.2) is 30.5 Å². The lowest BCUT2D eigenvalue weighted by Gasteiger charge is -2.06. The van der Waals surface area contributed by atoms with Crippen LogP contribution in [-0.4, -0.2) is 24.8 Å². The summed E-state index contributed by atoms with van der Waals surface area (Å²) in [5.74, 6) is 0.139. The van der Waals surface area contributed by atoms with Crippen LogP contribution in [0.25, 0.3) is 5.57 Å². The van der Waals surface area contributed by atoms with E-state index in [0.29, 0.717) is 11.3 Å². The van der Waals surface area contributed by atoms with Crippen LogP contribution in [0.1, 0.15) is 12.5 Å². The molecule has 86 valence electrons. The summed E-state index contributed by atoms with van der Waals surface area (Å²) in [7, 11) is 1.56. The number of methoxy groups -OCH3 is 1. The third-order valence-electron chi connectivity index (χ3n) is 2.03. The molecule has 0 amide bonds. The van der Waals surface area contributed by atoms with Crippen LogP contribution >= 0.6 is 0 Å². The molecule has 0 aliphatic heterocycles. The second-order valence-electron chi connectivity index (χ2n) is 2.99. The molecule has 0 aromatic heterocycles. The van der Waals surface area contributed by atoms with Gasteiger partial charge in [0.05, 0.1) is 20.0 Å². The van der Waals surface area contributed by atoms with Gasteiger partial charge in [-0.1, -0.05) is 12.1 Å². The Hall–Kier alpha value is -1.97. The summed E-state index contributed by atoms with van der Waals surface area (Å²) in [6.07, 6.45) is 0.750. The molecule has 0 fully saturated rings. The molecule has 0 radical (unpaired) electrons. The number of carbonyl (C=O) groups excluding carboxylic acids is 1. The molecule has 0 heterocycles. The van der Waals surface area contributed by atoms with E-state index in [1.165, 1.54) is 0 Å². The molecule has 1 N–H and O–H groups in total. The van der Waals surface area contributed by atoms with Gasteiger partial charge in [0.1, 0.15) is 11.3 Å². The van der Waals surface area contributed by atoms with Crippen LogP contribution in [0.3, 0.4) is 0 Å². The molecule has 0 atom stereocenters. The molecule has 0 bridgehead atoms. The molecule has 1 aromatic rings. The van der Waals surface area contributed by atoms with Gasteiger partial charge in [-0.3, -0.25) is 0 Å². The highest BCUT2D eigenvalue weighted by molar-refractivity contribution is 6.16. The Bertz CT molecular complexity index is 379. The summed E-state index contributed by atoms with van der Waals surface area (Å²) in [6.45, 7) is 1.98. The summed E-state index contributed by atoms with van der Waals surface area (Å²) < 4.78 is 9.80. The summed E-state index contributed by atoms with van der Waals surface area (Å²) in [6, 6.07) is 6.77. The van der Waals surface area contributed by atoms with Crippen molar-refractivity contribution in [1.29, 1.82) is 0 Å². The quantitative estimate of drug-likeness (QED) is 0.482. The molecule has 4 nitrogen and oxygen atoms in total. The summed E-state index contributed by atoms with van der Waals surface area (Å²) in [4.78, 5) is 11.4. The third kappa shape index (κ3) is 2.76. The van der Waals surface area contributed by atoms with Gasteiger partial charge in [0, 0.05) is 0 Å². The lowest BCUT2D eigenvalue weighted by molar-refractivity contribution is -0.136. The number of rotatable bonds is 4. The maximum atomic E-state index is 11.4. The van der Waals surface area contributed by atoms with Crippen molar-refractivity contribution in [3.8, 4) is 5.75 Å². The SMILES string of the molecule is CCOC(=O)/C(=C/O)c1ccc(OC)cc1. The van der Waals surface area contributed by atoms with E-state index in [9.17, 15) is 4.79 Å². The van der Waals surface area contributed by atoms with Crippen molar-refractivity contribution in [2.24, 2.45) is 0 Å². The van der Waals surface area contributed by atoms with Crippen LogP contribution in [0.5, 0.6) is 5.75 Å². The van der Waals surface area contributed by atoms with E-state index in [0.717, 1.165) is 6.26 Å². The molecule has 0 aliphatic rings. The van der Waals surface area contributed by atoms with E-state index in [4.69, 9.17) is 14.6 Å². The molecule has 0 spiro atoms. The minimum atomic E-state index is -0.546. The number of benzene rings is 1. The molecule has 1 rings (SSSR count). The molecule has 0 unspecified atom stereocenters. The molecule has 1 aromatic carbocycles. The average molecular weight is 222 g/mol. The first-order valence-corrected chi connectivity index (χ1v) is 4.88. The van der Waals surface area contributed by atoms with Crippen molar-refractivity contribution in [2.75, 3.05) is 13.7 Å². The average Bonchev–Trinajstić information content (AvgIpc) is 2.31. The Balaban J connectivity index is 2.92. The molecule has 0 saturated carbocycles. The first-order valence-electron chi connectivity index (χ1n) is 4.88. The monoisotopic (exact) mass is 222 g/mol. The molecule has 0 saturated heterocycles. The fourth-order valence-corrected chi connectivity index (χ4v) is 1.22. The zero-order valence-corrected chi connectivity index (χ0v) is 9.27. The van der Waals surface area contributed by atoms with Crippen molar-refractivity contribution < 1.29 is 19.4 Å². The van der Waals surface area contributed by atoms with Gasteiger partial charge in [0.2, 0.25) is 0 Å². The maximum Gasteiger partial charge on any atom is 0.341 e. The highest BCUT2D eigenvalue weighted by Gasteiger charge is 2.13. The third-order valence-corrected chi connectivity index (χ3v) is 2.03. The fourth-order valence-electron chi connectivity index (χ4n) is 1.22. The normalized spacial score (nSPS) is 11.0. The van der Waals surface area contributed by atoms with Crippen molar-refractivity contribution in [2.45, 2.75) is 6.92 Å². The van der Waals surface area contributed by atoms with E-state index in [1.807, 2.05) is 0 Å². The second kappa shape index (κ2) is 5.80. The zero-order valence-electron chi connectivity index (χ0n) is 9.27. The van der Waals surface area contributed by atoms with Gasteiger partial charge in [0.15, 0.2) is 0 Å². The van der Waals surface area contributed by atoms with Crippen molar-refractivity contribution in [3.63, 3.8) is 0 Å². The largest absolute Gasteiger partial charge is 0.515 e. The van der Waals surface area contributed by atoms with Gasteiger partial charge in [-0.05, 0) is 24.6 Å². The van der Waals surface area contributed by atoms with Crippen LogP contribution in [0.2, 0.25) is 0 Å². The zero-order chi connectivity index (χ0) is 12.0. The molecule has 0 aliphatic carbocycles. The Labute approximate surface area is 94.1 Å². The lowest BCUT2D eigenvalue weighted by Crippen LogP contribution is -2.06. The smallest absolute Gasteiger partial charge is 0.341 e. The first kappa shape index (κ1) is 12.1. The predicted octanol–water partition coefficient (Wildman–Crippen LogP) is 2.16. The summed E-state index contributed by atoms with van der Waals surface area (Å²) >= 11 is 0. The Kier molecular flexibility index (Phi) is 4.39. The number of hydrogen-bond donors (Lipinski definition) is 1. The number of aliphatic hydroxyl groups is 1. The van der Waals surface area contributed by atoms with E-state index in [2.05, 4.69) is 0 Å². The van der Waals surface area contributed by atoms with Crippen molar-refractivity contribution >= 4 is 11.5 Å². The van der Waals surface area contributed by atoms with Gasteiger partial charge in [-0.25, -0.2) is 4.79 Å². The van der Waals surface area contributed by atoms with E-state index in [-0.39, 0.29) is 12.2 Å². The number of ether oxygens (including phenoxy) is 2. The van der Waals surface area contributed by atoms with Crippen molar-refractivity contribution in [1.82, 2.24) is 0 Å². The Morgan fingerprint density at radius 3 is 2.44 bits per heavy atom. The number of carbonyl (C=O) groups is 1. The second-order valence-corrected chi connectivity index (χ2v) is 2.99. The first-order chi connectivity index (χ1) is 7.72. The van der Waals surface area contributed by atoms with Crippen LogP contribution in [0.4, 0.5) is 0 Å². The Morgan fingerprint density at radius 1 is 1.38 bits per heavy atom. The Morgan fingerprint density at radius 2 is 2.00 bits per heavy atom. The van der Waals surface area contributed by atoms with Gasteiger partial charge in [0.25, 0.3) is 0 Å². The van der Waals surface area contributed by atoms with E-state index in [1.54, 1.807) is 38.3 Å². The van der Waals surface area contributed by atoms with Crippen LogP contribution < -0.4 is 4.74 Å². The minimum absolute atomic E-state index is 0.129. The highest BCUT2D eigenvalue weighted by atomic mass is 16.5. The molecular formula is C12H14O4. The predicted molar refractivity (Wildman–Crippen MR) is 60.2 cm³/mol. The van der Waals surface area contributed by atoms with E-state index < -0.39 is 5.97 Å². The molecule has 4 heteroatoms. The number of aliphatic hydroxyl groups excluding tert-OH is 1. The highest BCUT2D eigenvalue weighted by Crippen LogP contribution is 2.19. The van der Waals surface area contributed by atoms with E-state index >= 15 is 0 Å². The number of esters is 1. The van der Waals surface area contributed by atoms with Crippen molar-refractivity contribution in [3.05, 3.63) is 36.1 Å². The molecule has 16 heavy (non-hydrogen) atoms. The summed E-state index contributed by atoms with van der Waals surface area (Å²) in [5, 5.41) is 9.01. The standard InChI is InChI=1S/C12H14O4/c1-3-16-12(14)11(8-13)9-4-6-10(15-2)7-5-9/h4-8,13H,3H2,1-2H3/b11-8+.